The minimum atomic E-state index is -3.92. The number of esters is 1. The van der Waals surface area contributed by atoms with Gasteiger partial charge in [-0.3, -0.25) is 9.52 Å². The highest BCUT2D eigenvalue weighted by Crippen LogP contribution is 2.20. The van der Waals surface area contributed by atoms with Gasteiger partial charge < -0.3 is 10.1 Å². The van der Waals surface area contributed by atoms with Gasteiger partial charge >= 0.3 is 5.97 Å². The van der Waals surface area contributed by atoms with Crippen LogP contribution in [0.2, 0.25) is 5.02 Å². The normalized spacial score (nSPS) is 12.1. The number of carbonyl (C=O) groups is 2. The number of hydrogen-bond donors (Lipinski definition) is 2. The zero-order valence-electron chi connectivity index (χ0n) is 14.7. The Labute approximate surface area is 162 Å². The lowest BCUT2D eigenvalue weighted by atomic mass is 10.2. The van der Waals surface area contributed by atoms with E-state index in [1.807, 2.05) is 0 Å². The lowest BCUT2D eigenvalue weighted by Gasteiger charge is -2.13. The summed E-state index contributed by atoms with van der Waals surface area (Å²) in [5.41, 5.74) is 0.397. The highest BCUT2D eigenvalue weighted by atomic mass is 35.5. The molecule has 0 heterocycles. The molecule has 0 aliphatic carbocycles. The van der Waals surface area contributed by atoms with E-state index in [1.165, 1.54) is 37.3 Å². The van der Waals surface area contributed by atoms with Crippen molar-refractivity contribution in [3.05, 3.63) is 59.1 Å². The molecule has 9 heteroatoms. The first kappa shape index (κ1) is 20.7. The Bertz CT molecular complexity index is 946. The highest BCUT2D eigenvalue weighted by molar-refractivity contribution is 7.92. The van der Waals surface area contributed by atoms with E-state index < -0.39 is 27.9 Å². The molecule has 144 valence electrons. The van der Waals surface area contributed by atoms with Crippen LogP contribution in [-0.4, -0.2) is 32.9 Å². The molecule has 1 atom stereocenters. The molecule has 27 heavy (non-hydrogen) atoms. The van der Waals surface area contributed by atoms with Crippen LogP contribution in [0.15, 0.2) is 53.4 Å². The van der Waals surface area contributed by atoms with E-state index in [2.05, 4.69) is 10.0 Å². The average molecular weight is 411 g/mol. The van der Waals surface area contributed by atoms with Crippen LogP contribution in [0.3, 0.4) is 0 Å². The summed E-state index contributed by atoms with van der Waals surface area (Å²) in [7, 11) is -3.92. The Morgan fingerprint density at radius 1 is 1.15 bits per heavy atom. The fourth-order valence-corrected chi connectivity index (χ4v) is 3.46. The van der Waals surface area contributed by atoms with Gasteiger partial charge in [-0.15, -0.1) is 0 Å². The van der Waals surface area contributed by atoms with E-state index in [1.54, 1.807) is 25.1 Å². The minimum absolute atomic E-state index is 0.0973. The molecule has 0 aliphatic rings. The van der Waals surface area contributed by atoms with Crippen molar-refractivity contribution >= 4 is 39.2 Å². The molecule has 0 saturated heterocycles. The van der Waals surface area contributed by atoms with E-state index in [9.17, 15) is 18.0 Å². The van der Waals surface area contributed by atoms with Gasteiger partial charge in [0, 0.05) is 10.6 Å². The van der Waals surface area contributed by atoms with Crippen molar-refractivity contribution in [2.24, 2.45) is 0 Å². The van der Waals surface area contributed by atoms with Gasteiger partial charge in [-0.05, 0) is 50.2 Å². The van der Waals surface area contributed by atoms with Crippen molar-refractivity contribution in [2.75, 3.05) is 11.3 Å². The second-order valence-corrected chi connectivity index (χ2v) is 7.71. The van der Waals surface area contributed by atoms with Gasteiger partial charge in [0.1, 0.15) is 6.04 Å². The molecule has 7 nitrogen and oxygen atoms in total. The second-order valence-electron chi connectivity index (χ2n) is 5.59. The quantitative estimate of drug-likeness (QED) is 0.683. The molecule has 0 aliphatic heterocycles. The van der Waals surface area contributed by atoms with Crippen LogP contribution >= 0.6 is 11.6 Å². The number of nitrogens with one attached hydrogen (secondary N) is 2. The van der Waals surface area contributed by atoms with Crippen LogP contribution < -0.4 is 10.0 Å². The number of amides is 1. The zero-order valence-corrected chi connectivity index (χ0v) is 16.3. The maximum Gasteiger partial charge on any atom is 0.328 e. The molecule has 2 N–H and O–H groups in total. The summed E-state index contributed by atoms with van der Waals surface area (Å²) < 4.78 is 32.3. The molecular formula is C18H19ClN2O5S. The largest absolute Gasteiger partial charge is 0.464 e. The third-order valence-corrected chi connectivity index (χ3v) is 5.09. The monoisotopic (exact) mass is 410 g/mol. The lowest BCUT2D eigenvalue weighted by Crippen LogP contribution is -2.39. The Balaban J connectivity index is 2.18. The van der Waals surface area contributed by atoms with Gasteiger partial charge in [0.2, 0.25) is 0 Å². The highest BCUT2D eigenvalue weighted by Gasteiger charge is 2.20. The number of hydrogen-bond acceptors (Lipinski definition) is 5. The van der Waals surface area contributed by atoms with Gasteiger partial charge in [-0.1, -0.05) is 23.7 Å². The molecule has 1 unspecified atom stereocenters. The Hall–Kier alpha value is -2.58. The number of ether oxygens (including phenoxy) is 1. The first-order valence-corrected chi connectivity index (χ1v) is 9.95. The maximum absolute atomic E-state index is 12.5. The van der Waals surface area contributed by atoms with Gasteiger partial charge in [0.25, 0.3) is 15.9 Å². The third kappa shape index (κ3) is 5.70. The van der Waals surface area contributed by atoms with Gasteiger partial charge in [0.15, 0.2) is 0 Å². The summed E-state index contributed by atoms with van der Waals surface area (Å²) in [5, 5.41) is 2.86. The minimum Gasteiger partial charge on any atom is -0.464 e. The van der Waals surface area contributed by atoms with Crippen molar-refractivity contribution in [3.8, 4) is 0 Å². The number of anilines is 1. The summed E-state index contributed by atoms with van der Waals surface area (Å²) in [6.07, 6.45) is 0. The Morgan fingerprint density at radius 2 is 1.85 bits per heavy atom. The second kappa shape index (κ2) is 8.88. The molecule has 0 saturated carbocycles. The number of carbonyl (C=O) groups excluding carboxylic acids is 2. The van der Waals surface area contributed by atoms with Gasteiger partial charge in [0.05, 0.1) is 17.2 Å². The number of rotatable bonds is 7. The number of halogens is 1. The van der Waals surface area contributed by atoms with Gasteiger partial charge in [-0.2, -0.15) is 0 Å². The molecule has 0 radical (unpaired) electrons. The topological polar surface area (TPSA) is 102 Å². The fourth-order valence-electron chi connectivity index (χ4n) is 2.18. The smallest absolute Gasteiger partial charge is 0.328 e. The maximum atomic E-state index is 12.5. The van der Waals surface area contributed by atoms with Crippen LogP contribution in [0, 0.1) is 0 Å². The SMILES string of the molecule is CCOC(=O)C(C)NC(=O)c1cccc(S(=O)(=O)Nc2cccc(Cl)c2)c1. The van der Waals surface area contributed by atoms with Crippen molar-refractivity contribution in [1.82, 2.24) is 5.32 Å². The fraction of sp³-hybridized carbons (Fsp3) is 0.222. The summed E-state index contributed by atoms with van der Waals surface area (Å²) >= 11 is 5.86. The predicted molar refractivity (Wildman–Crippen MR) is 102 cm³/mol. The predicted octanol–water partition coefficient (Wildman–Crippen LogP) is 2.82. The lowest BCUT2D eigenvalue weighted by molar-refractivity contribution is -0.144. The van der Waals surface area contributed by atoms with Crippen LogP contribution in [-0.2, 0) is 19.6 Å². The summed E-state index contributed by atoms with van der Waals surface area (Å²) in [6.45, 7) is 3.34. The van der Waals surface area contributed by atoms with Crippen molar-refractivity contribution < 1.29 is 22.7 Å². The molecule has 1 amide bonds. The van der Waals surface area contributed by atoms with Crippen LogP contribution in [0.1, 0.15) is 24.2 Å². The van der Waals surface area contributed by atoms with Crippen LogP contribution in [0.25, 0.3) is 0 Å². The molecule has 0 bridgehead atoms. The number of benzene rings is 2. The van der Waals surface area contributed by atoms with Gasteiger partial charge in [-0.25, -0.2) is 13.2 Å². The Morgan fingerprint density at radius 3 is 2.52 bits per heavy atom. The molecule has 2 rings (SSSR count). The molecule has 2 aromatic rings. The van der Waals surface area contributed by atoms with Crippen LogP contribution in [0.5, 0.6) is 0 Å². The van der Waals surface area contributed by atoms with Crippen molar-refractivity contribution in [2.45, 2.75) is 24.8 Å². The summed E-state index contributed by atoms with van der Waals surface area (Å²) in [5.74, 6) is -1.16. The Kier molecular flexibility index (Phi) is 6.81. The summed E-state index contributed by atoms with van der Waals surface area (Å²) in [4.78, 5) is 23.8. The standard InChI is InChI=1S/C18H19ClN2O5S/c1-3-26-18(23)12(2)20-17(22)13-6-4-9-16(10-13)27(24,25)21-15-8-5-7-14(19)11-15/h4-12,21H,3H2,1-2H3,(H,20,22). The van der Waals surface area contributed by atoms with Crippen LogP contribution in [0.4, 0.5) is 5.69 Å². The molecule has 2 aromatic carbocycles. The molecule has 0 spiro atoms. The third-order valence-electron chi connectivity index (χ3n) is 3.47. The van der Waals surface area contributed by atoms with E-state index >= 15 is 0 Å². The molecular weight excluding hydrogens is 392 g/mol. The summed E-state index contributed by atoms with van der Waals surface area (Å²) in [6, 6.07) is 10.9. The van der Waals surface area contributed by atoms with E-state index in [0.29, 0.717) is 10.7 Å². The molecule has 0 aromatic heterocycles. The first-order chi connectivity index (χ1) is 12.7. The van der Waals surface area contributed by atoms with E-state index in [-0.39, 0.29) is 17.1 Å². The zero-order chi connectivity index (χ0) is 20.0. The van der Waals surface area contributed by atoms with Crippen molar-refractivity contribution in [1.29, 1.82) is 0 Å². The van der Waals surface area contributed by atoms with Crippen molar-refractivity contribution in [3.63, 3.8) is 0 Å². The van der Waals surface area contributed by atoms with E-state index in [4.69, 9.17) is 16.3 Å². The number of sulfonamides is 1. The first-order valence-electron chi connectivity index (χ1n) is 8.09. The van der Waals surface area contributed by atoms with E-state index in [0.717, 1.165) is 0 Å². The average Bonchev–Trinajstić information content (AvgIpc) is 2.61. The molecule has 0 fully saturated rings.